The van der Waals surface area contributed by atoms with Crippen LogP contribution >= 0.6 is 0 Å². The number of hydrogen-bond donors (Lipinski definition) is 1. The molecular formula is C18H22N2O. The normalized spacial score (nSPS) is 21.5. The predicted octanol–water partition coefficient (Wildman–Crippen LogP) is 2.96. The van der Waals surface area contributed by atoms with Crippen molar-refractivity contribution in [3.8, 4) is 0 Å². The van der Waals surface area contributed by atoms with Crippen molar-refractivity contribution in [3.05, 3.63) is 59.5 Å². The summed E-state index contributed by atoms with van der Waals surface area (Å²) in [7, 11) is 0. The fourth-order valence-corrected chi connectivity index (χ4v) is 3.32. The third kappa shape index (κ3) is 3.04. The molecule has 1 aliphatic heterocycles. The number of rotatable bonds is 5. The van der Waals surface area contributed by atoms with Crippen LogP contribution in [0.4, 0.5) is 0 Å². The van der Waals surface area contributed by atoms with Crippen LogP contribution in [0.25, 0.3) is 0 Å². The first-order valence-electron chi connectivity index (χ1n) is 7.95. The van der Waals surface area contributed by atoms with Crippen molar-refractivity contribution in [2.75, 3.05) is 6.54 Å². The number of nitrogens with one attached hydrogen (secondary N) is 1. The van der Waals surface area contributed by atoms with Gasteiger partial charge in [0, 0.05) is 25.2 Å². The van der Waals surface area contributed by atoms with Crippen molar-refractivity contribution in [3.63, 3.8) is 0 Å². The zero-order chi connectivity index (χ0) is 14.1. The monoisotopic (exact) mass is 282 g/mol. The minimum Gasteiger partial charge on any atom is -0.468 e. The Bertz CT molecular complexity index is 589. The zero-order valence-corrected chi connectivity index (χ0v) is 12.3. The Hall–Kier alpha value is -1.58. The van der Waals surface area contributed by atoms with Crippen molar-refractivity contribution in [2.24, 2.45) is 0 Å². The molecule has 1 unspecified atom stereocenters. The van der Waals surface area contributed by atoms with Gasteiger partial charge < -0.3 is 9.73 Å². The molecule has 2 aliphatic rings. The maximum atomic E-state index is 5.53. The van der Waals surface area contributed by atoms with Crippen LogP contribution < -0.4 is 5.32 Å². The van der Waals surface area contributed by atoms with E-state index in [1.165, 1.54) is 24.0 Å². The van der Waals surface area contributed by atoms with Gasteiger partial charge in [-0.15, -0.1) is 0 Å². The van der Waals surface area contributed by atoms with Crippen molar-refractivity contribution >= 4 is 0 Å². The Kier molecular flexibility index (Phi) is 3.53. The minimum absolute atomic E-state index is 0.551. The lowest BCUT2D eigenvalue weighted by atomic mass is 9.95. The molecule has 3 nitrogen and oxygen atoms in total. The summed E-state index contributed by atoms with van der Waals surface area (Å²) < 4.78 is 5.53. The number of benzene rings is 1. The second-order valence-corrected chi connectivity index (χ2v) is 6.29. The van der Waals surface area contributed by atoms with E-state index in [1.54, 1.807) is 6.26 Å². The lowest BCUT2D eigenvalue weighted by Gasteiger charge is -2.31. The highest BCUT2D eigenvalue weighted by Gasteiger charge is 2.31. The van der Waals surface area contributed by atoms with Crippen molar-refractivity contribution < 1.29 is 4.42 Å². The van der Waals surface area contributed by atoms with Crippen LogP contribution in [-0.4, -0.2) is 23.5 Å². The predicted molar refractivity (Wildman–Crippen MR) is 82.9 cm³/mol. The molecule has 0 saturated heterocycles. The Balaban J connectivity index is 1.42. The van der Waals surface area contributed by atoms with E-state index in [-0.39, 0.29) is 0 Å². The lowest BCUT2D eigenvalue weighted by molar-refractivity contribution is 0.203. The molecule has 0 amide bonds. The van der Waals surface area contributed by atoms with E-state index < -0.39 is 0 Å². The van der Waals surface area contributed by atoms with E-state index in [9.17, 15) is 0 Å². The molecule has 0 bridgehead atoms. The first-order valence-corrected chi connectivity index (χ1v) is 7.95. The van der Waals surface area contributed by atoms with Gasteiger partial charge in [0.2, 0.25) is 0 Å². The van der Waals surface area contributed by atoms with Crippen molar-refractivity contribution in [2.45, 2.75) is 44.4 Å². The quantitative estimate of drug-likeness (QED) is 0.914. The molecule has 110 valence electrons. The third-order valence-corrected chi connectivity index (χ3v) is 4.62. The van der Waals surface area contributed by atoms with Crippen LogP contribution in [0.3, 0.4) is 0 Å². The standard InChI is InChI=1S/C18H22N2O/c1-2-5-15-11-19-16(10-14(15)4-1)12-20(17-7-8-17)13-18-6-3-9-21-18/h1-6,9,16-17,19H,7-8,10-13H2. The summed E-state index contributed by atoms with van der Waals surface area (Å²) in [5, 5.41) is 3.70. The van der Waals surface area contributed by atoms with E-state index in [2.05, 4.69) is 40.5 Å². The summed E-state index contributed by atoms with van der Waals surface area (Å²) in [5.41, 5.74) is 2.97. The molecule has 1 aromatic heterocycles. The molecule has 1 saturated carbocycles. The summed E-state index contributed by atoms with van der Waals surface area (Å²) in [6.45, 7) is 3.05. The van der Waals surface area contributed by atoms with Gasteiger partial charge >= 0.3 is 0 Å². The van der Waals surface area contributed by atoms with Gasteiger partial charge in [-0.1, -0.05) is 24.3 Å². The Labute approximate surface area is 126 Å². The van der Waals surface area contributed by atoms with Crippen LogP contribution in [0.15, 0.2) is 47.1 Å². The maximum absolute atomic E-state index is 5.53. The van der Waals surface area contributed by atoms with Gasteiger partial charge in [-0.3, -0.25) is 4.90 Å². The molecule has 2 aromatic rings. The molecule has 1 aliphatic carbocycles. The summed E-state index contributed by atoms with van der Waals surface area (Å²) >= 11 is 0. The summed E-state index contributed by atoms with van der Waals surface area (Å²) in [4.78, 5) is 2.59. The van der Waals surface area contributed by atoms with E-state index in [1.807, 2.05) is 6.07 Å². The molecule has 0 spiro atoms. The largest absolute Gasteiger partial charge is 0.468 e. The molecule has 21 heavy (non-hydrogen) atoms. The van der Waals surface area contributed by atoms with Gasteiger partial charge in [0.25, 0.3) is 0 Å². The Morgan fingerprint density at radius 1 is 1.10 bits per heavy atom. The highest BCUT2D eigenvalue weighted by Crippen LogP contribution is 2.29. The van der Waals surface area contributed by atoms with Gasteiger partial charge in [-0.05, 0) is 42.5 Å². The molecule has 4 rings (SSSR count). The fourth-order valence-electron chi connectivity index (χ4n) is 3.32. The fraction of sp³-hybridized carbons (Fsp3) is 0.444. The van der Waals surface area contributed by atoms with E-state index in [0.29, 0.717) is 6.04 Å². The van der Waals surface area contributed by atoms with Gasteiger partial charge in [-0.2, -0.15) is 0 Å². The zero-order valence-electron chi connectivity index (χ0n) is 12.3. The van der Waals surface area contributed by atoms with Gasteiger partial charge in [-0.25, -0.2) is 0 Å². The van der Waals surface area contributed by atoms with E-state index in [0.717, 1.165) is 37.9 Å². The van der Waals surface area contributed by atoms with Crippen molar-refractivity contribution in [1.82, 2.24) is 10.2 Å². The number of hydrogen-bond acceptors (Lipinski definition) is 3. The van der Waals surface area contributed by atoms with Crippen molar-refractivity contribution in [1.29, 1.82) is 0 Å². The molecule has 2 heterocycles. The molecule has 3 heteroatoms. The highest BCUT2D eigenvalue weighted by molar-refractivity contribution is 5.30. The van der Waals surface area contributed by atoms with E-state index >= 15 is 0 Å². The second-order valence-electron chi connectivity index (χ2n) is 6.29. The number of furan rings is 1. The van der Waals surface area contributed by atoms with Gasteiger partial charge in [0.15, 0.2) is 0 Å². The first-order chi connectivity index (χ1) is 10.4. The topological polar surface area (TPSA) is 28.4 Å². The van der Waals surface area contributed by atoms with Crippen LogP contribution in [-0.2, 0) is 19.5 Å². The smallest absolute Gasteiger partial charge is 0.117 e. The maximum Gasteiger partial charge on any atom is 0.117 e. The van der Waals surface area contributed by atoms with Crippen LogP contribution in [0.2, 0.25) is 0 Å². The second kappa shape index (κ2) is 5.66. The third-order valence-electron chi connectivity index (χ3n) is 4.62. The first kappa shape index (κ1) is 13.1. The minimum atomic E-state index is 0.551. The summed E-state index contributed by atoms with van der Waals surface area (Å²) in [6.07, 6.45) is 5.58. The SMILES string of the molecule is c1coc(CN(CC2Cc3ccccc3CN2)C2CC2)c1. The molecule has 1 N–H and O–H groups in total. The van der Waals surface area contributed by atoms with E-state index in [4.69, 9.17) is 4.42 Å². The average molecular weight is 282 g/mol. The van der Waals surface area contributed by atoms with Crippen LogP contribution in [0.5, 0.6) is 0 Å². The molecular weight excluding hydrogens is 260 g/mol. The van der Waals surface area contributed by atoms with Crippen LogP contribution in [0, 0.1) is 0 Å². The van der Waals surface area contributed by atoms with Gasteiger partial charge in [0.05, 0.1) is 12.8 Å². The molecule has 0 radical (unpaired) electrons. The lowest BCUT2D eigenvalue weighted by Crippen LogP contribution is -2.45. The van der Waals surface area contributed by atoms with Gasteiger partial charge in [0.1, 0.15) is 5.76 Å². The number of nitrogens with zero attached hydrogens (tertiary/aromatic N) is 1. The van der Waals surface area contributed by atoms with Crippen LogP contribution in [0.1, 0.15) is 29.7 Å². The molecule has 1 fully saturated rings. The summed E-state index contributed by atoms with van der Waals surface area (Å²) in [6, 6.07) is 14.2. The molecule has 1 atom stereocenters. The summed E-state index contributed by atoms with van der Waals surface area (Å²) in [5.74, 6) is 1.08. The number of fused-ring (bicyclic) bond motifs is 1. The average Bonchev–Trinajstić information content (AvgIpc) is 3.24. The highest BCUT2D eigenvalue weighted by atomic mass is 16.3. The Morgan fingerprint density at radius 2 is 1.95 bits per heavy atom. The molecule has 1 aromatic carbocycles. The Morgan fingerprint density at radius 3 is 2.71 bits per heavy atom.